The molecule has 0 unspecified atom stereocenters. The van der Waals surface area contributed by atoms with Crippen molar-refractivity contribution in [2.75, 3.05) is 7.11 Å². The molecule has 0 radical (unpaired) electrons. The molecule has 20 heavy (non-hydrogen) atoms. The molecule has 0 spiro atoms. The van der Waals surface area contributed by atoms with Gasteiger partial charge in [0.25, 0.3) is 5.91 Å². The Morgan fingerprint density at radius 1 is 1.35 bits per heavy atom. The maximum absolute atomic E-state index is 12.2. The van der Waals surface area contributed by atoms with E-state index in [1.807, 2.05) is 45.2 Å². The van der Waals surface area contributed by atoms with Gasteiger partial charge in [-0.15, -0.1) is 5.10 Å². The third-order valence-corrected chi connectivity index (χ3v) is 3.43. The monoisotopic (exact) mass is 273 g/mol. The van der Waals surface area contributed by atoms with Crippen LogP contribution >= 0.6 is 0 Å². The zero-order valence-electron chi connectivity index (χ0n) is 12.2. The Labute approximate surface area is 118 Å². The maximum atomic E-state index is 12.2. The molecule has 0 bridgehead atoms. The number of amides is 1. The van der Waals surface area contributed by atoms with Crippen molar-refractivity contribution in [1.29, 1.82) is 0 Å². The fraction of sp³-hybridized carbons (Fsp3) is 0.333. The lowest BCUT2D eigenvalue weighted by molar-refractivity contribution is 0.0950. The second kappa shape index (κ2) is 5.77. The fourth-order valence-corrected chi connectivity index (χ4v) is 2.08. The number of hydrogen-bond donors (Lipinski definition) is 1. The lowest BCUT2D eigenvalue weighted by Crippen LogP contribution is -2.24. The Kier molecular flexibility index (Phi) is 4.08. The average Bonchev–Trinajstić information content (AvgIpc) is 2.72. The summed E-state index contributed by atoms with van der Waals surface area (Å²) in [4.78, 5) is 12.2. The molecule has 0 atom stereocenters. The normalized spacial score (nSPS) is 10.4. The van der Waals surface area contributed by atoms with Gasteiger partial charge in [-0.1, -0.05) is 18.2 Å². The van der Waals surface area contributed by atoms with Crippen molar-refractivity contribution in [2.45, 2.75) is 20.4 Å². The Balaban J connectivity index is 2.13. The third-order valence-electron chi connectivity index (χ3n) is 3.43. The first-order valence-electron chi connectivity index (χ1n) is 6.45. The standard InChI is InChI=1S/C15H19N3O2/c1-10-7-5-6-8-12(10)14(19)16-9-13-11(2)18(3)17-15(13)20-4/h5-8H,9H2,1-4H3,(H,16,19). The number of hydrogen-bond acceptors (Lipinski definition) is 3. The lowest BCUT2D eigenvalue weighted by atomic mass is 10.1. The summed E-state index contributed by atoms with van der Waals surface area (Å²) in [6.07, 6.45) is 0. The summed E-state index contributed by atoms with van der Waals surface area (Å²) in [6.45, 7) is 4.27. The molecule has 0 fully saturated rings. The number of carbonyl (C=O) groups excluding carboxylic acids is 1. The van der Waals surface area contributed by atoms with E-state index in [0.29, 0.717) is 18.0 Å². The molecule has 0 saturated heterocycles. The van der Waals surface area contributed by atoms with E-state index in [4.69, 9.17) is 4.74 Å². The fourth-order valence-electron chi connectivity index (χ4n) is 2.08. The van der Waals surface area contributed by atoms with Crippen LogP contribution in [0.5, 0.6) is 5.88 Å². The highest BCUT2D eigenvalue weighted by atomic mass is 16.5. The Morgan fingerprint density at radius 3 is 2.70 bits per heavy atom. The van der Waals surface area contributed by atoms with Crippen LogP contribution in [-0.2, 0) is 13.6 Å². The van der Waals surface area contributed by atoms with Crippen LogP contribution in [0.1, 0.15) is 27.2 Å². The molecule has 0 aliphatic rings. The molecule has 1 amide bonds. The van der Waals surface area contributed by atoms with Crippen molar-refractivity contribution >= 4 is 5.91 Å². The van der Waals surface area contributed by atoms with Crippen LogP contribution < -0.4 is 10.1 Å². The molecule has 0 aliphatic heterocycles. The first kappa shape index (κ1) is 14.1. The molecule has 0 saturated carbocycles. The van der Waals surface area contributed by atoms with Gasteiger partial charge in [0, 0.05) is 18.3 Å². The zero-order valence-corrected chi connectivity index (χ0v) is 12.2. The molecule has 1 heterocycles. The summed E-state index contributed by atoms with van der Waals surface area (Å²) in [5.41, 5.74) is 3.52. The van der Waals surface area contributed by atoms with E-state index in [-0.39, 0.29) is 5.91 Å². The molecule has 2 rings (SSSR count). The van der Waals surface area contributed by atoms with Crippen molar-refractivity contribution in [2.24, 2.45) is 7.05 Å². The number of ether oxygens (including phenoxy) is 1. The lowest BCUT2D eigenvalue weighted by Gasteiger charge is -2.08. The average molecular weight is 273 g/mol. The number of carbonyl (C=O) groups is 1. The molecule has 1 N–H and O–H groups in total. The van der Waals surface area contributed by atoms with Gasteiger partial charge >= 0.3 is 0 Å². The van der Waals surface area contributed by atoms with Gasteiger partial charge in [0.15, 0.2) is 0 Å². The van der Waals surface area contributed by atoms with Crippen LogP contribution in [0.4, 0.5) is 0 Å². The molecule has 1 aromatic heterocycles. The second-order valence-electron chi connectivity index (χ2n) is 4.69. The summed E-state index contributed by atoms with van der Waals surface area (Å²) >= 11 is 0. The van der Waals surface area contributed by atoms with Gasteiger partial charge in [0.1, 0.15) is 0 Å². The number of aromatic nitrogens is 2. The molecule has 1 aromatic carbocycles. The van der Waals surface area contributed by atoms with Crippen molar-refractivity contribution in [1.82, 2.24) is 15.1 Å². The van der Waals surface area contributed by atoms with Gasteiger partial charge in [-0.2, -0.15) is 0 Å². The van der Waals surface area contributed by atoms with Gasteiger partial charge < -0.3 is 10.1 Å². The molecular weight excluding hydrogens is 254 g/mol. The van der Waals surface area contributed by atoms with E-state index in [2.05, 4.69) is 10.4 Å². The summed E-state index contributed by atoms with van der Waals surface area (Å²) in [6, 6.07) is 7.51. The first-order chi connectivity index (χ1) is 9.54. The van der Waals surface area contributed by atoms with Gasteiger partial charge in [0.2, 0.25) is 5.88 Å². The van der Waals surface area contributed by atoms with Gasteiger partial charge in [-0.05, 0) is 25.5 Å². The SMILES string of the molecule is COc1nn(C)c(C)c1CNC(=O)c1ccccc1C. The molecular formula is C15H19N3O2. The van der Waals surface area contributed by atoms with E-state index in [1.54, 1.807) is 11.8 Å². The van der Waals surface area contributed by atoms with Crippen LogP contribution in [0.3, 0.4) is 0 Å². The topological polar surface area (TPSA) is 56.1 Å². The molecule has 5 heteroatoms. The Bertz CT molecular complexity index is 632. The van der Waals surface area contributed by atoms with Crippen molar-refractivity contribution in [3.8, 4) is 5.88 Å². The summed E-state index contributed by atoms with van der Waals surface area (Å²) < 4.78 is 6.97. The number of nitrogens with zero attached hydrogens (tertiary/aromatic N) is 2. The van der Waals surface area contributed by atoms with Gasteiger partial charge in [0.05, 0.1) is 19.2 Å². The Hall–Kier alpha value is -2.30. The first-order valence-corrected chi connectivity index (χ1v) is 6.45. The molecule has 106 valence electrons. The minimum absolute atomic E-state index is 0.0894. The minimum Gasteiger partial charge on any atom is -0.480 e. The highest BCUT2D eigenvalue weighted by molar-refractivity contribution is 5.95. The number of benzene rings is 1. The summed E-state index contributed by atoms with van der Waals surface area (Å²) in [5.74, 6) is 0.462. The van der Waals surface area contributed by atoms with Gasteiger partial charge in [-0.3, -0.25) is 9.48 Å². The quantitative estimate of drug-likeness (QED) is 0.926. The van der Waals surface area contributed by atoms with E-state index in [0.717, 1.165) is 16.8 Å². The predicted octanol–water partition coefficient (Wildman–Crippen LogP) is 1.98. The van der Waals surface area contributed by atoms with Gasteiger partial charge in [-0.25, -0.2) is 0 Å². The van der Waals surface area contributed by atoms with Crippen LogP contribution in [-0.4, -0.2) is 22.8 Å². The third kappa shape index (κ3) is 2.66. The molecule has 5 nitrogen and oxygen atoms in total. The van der Waals surface area contributed by atoms with Crippen LogP contribution in [0, 0.1) is 13.8 Å². The van der Waals surface area contributed by atoms with Crippen molar-refractivity contribution in [3.05, 3.63) is 46.6 Å². The van der Waals surface area contributed by atoms with Crippen LogP contribution in [0.25, 0.3) is 0 Å². The summed E-state index contributed by atoms with van der Waals surface area (Å²) in [7, 11) is 3.43. The maximum Gasteiger partial charge on any atom is 0.251 e. The van der Waals surface area contributed by atoms with E-state index < -0.39 is 0 Å². The summed E-state index contributed by atoms with van der Waals surface area (Å²) in [5, 5.41) is 7.15. The number of nitrogens with one attached hydrogen (secondary N) is 1. The second-order valence-corrected chi connectivity index (χ2v) is 4.69. The van der Waals surface area contributed by atoms with Crippen molar-refractivity contribution in [3.63, 3.8) is 0 Å². The largest absolute Gasteiger partial charge is 0.480 e. The smallest absolute Gasteiger partial charge is 0.251 e. The molecule has 0 aliphatic carbocycles. The predicted molar refractivity (Wildman–Crippen MR) is 76.8 cm³/mol. The molecule has 2 aromatic rings. The zero-order chi connectivity index (χ0) is 14.7. The van der Waals surface area contributed by atoms with E-state index in [1.165, 1.54) is 0 Å². The number of rotatable bonds is 4. The Morgan fingerprint density at radius 2 is 2.05 bits per heavy atom. The highest BCUT2D eigenvalue weighted by Crippen LogP contribution is 2.19. The van der Waals surface area contributed by atoms with E-state index in [9.17, 15) is 4.79 Å². The minimum atomic E-state index is -0.0894. The number of methoxy groups -OCH3 is 1. The van der Waals surface area contributed by atoms with Crippen LogP contribution in [0.2, 0.25) is 0 Å². The van der Waals surface area contributed by atoms with Crippen molar-refractivity contribution < 1.29 is 9.53 Å². The van der Waals surface area contributed by atoms with E-state index >= 15 is 0 Å². The van der Waals surface area contributed by atoms with Crippen LogP contribution in [0.15, 0.2) is 24.3 Å². The number of aryl methyl sites for hydroxylation is 2. The highest BCUT2D eigenvalue weighted by Gasteiger charge is 2.15.